The van der Waals surface area contributed by atoms with E-state index in [0.717, 1.165) is 11.5 Å². The number of nitrogens with two attached hydrogens (primary N) is 1. The lowest BCUT2D eigenvalue weighted by Crippen LogP contribution is -2.06. The molecular weight excluding hydrogens is 162 g/mol. The third kappa shape index (κ3) is 2.10. The van der Waals surface area contributed by atoms with Gasteiger partial charge >= 0.3 is 0 Å². The molecule has 0 saturated carbocycles. The highest BCUT2D eigenvalue weighted by atomic mass is 15.1. The molecule has 0 unspecified atom stereocenters. The molecule has 1 rings (SSSR count). The second kappa shape index (κ2) is 3.92. The Morgan fingerprint density at radius 1 is 1.38 bits per heavy atom. The molecule has 0 radical (unpaired) electrons. The molecule has 0 aliphatic heterocycles. The lowest BCUT2D eigenvalue weighted by Gasteiger charge is -2.12. The molecule has 0 saturated heterocycles. The molecule has 1 heterocycles. The molecule has 0 aliphatic rings. The van der Waals surface area contributed by atoms with Crippen LogP contribution < -0.4 is 5.73 Å². The van der Waals surface area contributed by atoms with Crippen LogP contribution in [0.5, 0.6) is 0 Å². The van der Waals surface area contributed by atoms with E-state index in [1.165, 1.54) is 0 Å². The Hall–Kier alpha value is -0.830. The highest BCUT2D eigenvalue weighted by Crippen LogP contribution is 2.18. The van der Waals surface area contributed by atoms with Crippen molar-refractivity contribution in [3.05, 3.63) is 17.7 Å². The minimum atomic E-state index is 0.461. The molecule has 1 aromatic heterocycles. The molecule has 0 aromatic carbocycles. The lowest BCUT2D eigenvalue weighted by atomic mass is 10.2. The van der Waals surface area contributed by atoms with Crippen molar-refractivity contribution in [3.8, 4) is 0 Å². The Bertz CT molecular complexity index is 248. The summed E-state index contributed by atoms with van der Waals surface area (Å²) in [6.45, 7) is 9.16. The maximum atomic E-state index is 5.56. The van der Waals surface area contributed by atoms with Gasteiger partial charge in [-0.2, -0.15) is 0 Å². The maximum absolute atomic E-state index is 5.56. The monoisotopic (exact) mass is 181 g/mol. The van der Waals surface area contributed by atoms with E-state index >= 15 is 0 Å². The van der Waals surface area contributed by atoms with Crippen LogP contribution in [0, 0.1) is 0 Å². The molecule has 13 heavy (non-hydrogen) atoms. The smallest absolute Gasteiger partial charge is 0.111 e. The van der Waals surface area contributed by atoms with Gasteiger partial charge in [0.25, 0.3) is 0 Å². The minimum absolute atomic E-state index is 0.461. The molecule has 0 spiro atoms. The van der Waals surface area contributed by atoms with E-state index in [9.17, 15) is 0 Å². The maximum Gasteiger partial charge on any atom is 0.111 e. The first-order valence-electron chi connectivity index (χ1n) is 4.84. The van der Waals surface area contributed by atoms with Gasteiger partial charge in [-0.25, -0.2) is 4.98 Å². The molecular formula is C10H19N3. The topological polar surface area (TPSA) is 43.8 Å². The van der Waals surface area contributed by atoms with Gasteiger partial charge in [0.2, 0.25) is 0 Å². The Kier molecular flexibility index (Phi) is 3.09. The van der Waals surface area contributed by atoms with Gasteiger partial charge < -0.3 is 10.3 Å². The van der Waals surface area contributed by atoms with Gasteiger partial charge in [0.15, 0.2) is 0 Å². The fourth-order valence-corrected chi connectivity index (χ4v) is 1.40. The summed E-state index contributed by atoms with van der Waals surface area (Å²) in [6, 6.07) is 0.463. The van der Waals surface area contributed by atoms with Gasteiger partial charge in [-0.05, 0) is 13.8 Å². The molecule has 0 amide bonds. The van der Waals surface area contributed by atoms with E-state index in [1.54, 1.807) is 0 Å². The number of aromatic nitrogens is 2. The van der Waals surface area contributed by atoms with Crippen LogP contribution in [0.4, 0.5) is 0 Å². The zero-order valence-electron chi connectivity index (χ0n) is 8.91. The van der Waals surface area contributed by atoms with Crippen molar-refractivity contribution in [2.24, 2.45) is 5.73 Å². The van der Waals surface area contributed by atoms with Crippen molar-refractivity contribution in [1.82, 2.24) is 9.55 Å². The largest absolute Gasteiger partial charge is 0.332 e. The lowest BCUT2D eigenvalue weighted by molar-refractivity contribution is 0.550. The number of hydrogen-bond donors (Lipinski definition) is 1. The Balaban J connectivity index is 3.08. The van der Waals surface area contributed by atoms with E-state index in [1.807, 2.05) is 0 Å². The summed E-state index contributed by atoms with van der Waals surface area (Å²) in [7, 11) is 0. The molecule has 1 aromatic rings. The van der Waals surface area contributed by atoms with Crippen molar-refractivity contribution in [1.29, 1.82) is 0 Å². The molecule has 3 heteroatoms. The third-order valence-corrected chi connectivity index (χ3v) is 2.09. The van der Waals surface area contributed by atoms with E-state index in [-0.39, 0.29) is 0 Å². The van der Waals surface area contributed by atoms with Gasteiger partial charge in [0.1, 0.15) is 5.82 Å². The second-order valence-electron chi connectivity index (χ2n) is 3.95. The van der Waals surface area contributed by atoms with Crippen molar-refractivity contribution in [2.45, 2.75) is 46.2 Å². The number of rotatable bonds is 3. The summed E-state index contributed by atoms with van der Waals surface area (Å²) >= 11 is 0. The molecule has 74 valence electrons. The summed E-state index contributed by atoms with van der Waals surface area (Å²) in [4.78, 5) is 4.49. The zero-order chi connectivity index (χ0) is 10.0. The van der Waals surface area contributed by atoms with Crippen molar-refractivity contribution >= 4 is 0 Å². The molecule has 0 fully saturated rings. The van der Waals surface area contributed by atoms with Crippen LogP contribution in [0.25, 0.3) is 0 Å². The van der Waals surface area contributed by atoms with Crippen molar-refractivity contribution < 1.29 is 0 Å². The summed E-state index contributed by atoms with van der Waals surface area (Å²) < 4.78 is 2.20. The quantitative estimate of drug-likeness (QED) is 0.775. The van der Waals surface area contributed by atoms with Gasteiger partial charge in [0.05, 0.1) is 5.69 Å². The average molecular weight is 181 g/mol. The van der Waals surface area contributed by atoms with Crippen molar-refractivity contribution in [3.63, 3.8) is 0 Å². The highest BCUT2D eigenvalue weighted by Gasteiger charge is 2.12. The second-order valence-corrected chi connectivity index (χ2v) is 3.95. The van der Waals surface area contributed by atoms with Gasteiger partial charge in [-0.15, -0.1) is 0 Å². The molecule has 2 N–H and O–H groups in total. The van der Waals surface area contributed by atoms with Gasteiger partial charge in [0, 0.05) is 24.7 Å². The van der Waals surface area contributed by atoms with Crippen LogP contribution >= 0.6 is 0 Å². The van der Waals surface area contributed by atoms with E-state index in [2.05, 4.69) is 43.4 Å². The van der Waals surface area contributed by atoms with Crippen LogP contribution in [0.15, 0.2) is 6.20 Å². The number of imidazole rings is 1. The minimum Gasteiger partial charge on any atom is -0.332 e. The molecule has 0 bridgehead atoms. The van der Waals surface area contributed by atoms with Crippen LogP contribution in [0.2, 0.25) is 0 Å². The average Bonchev–Trinajstić information content (AvgIpc) is 2.47. The fraction of sp³-hybridized carbons (Fsp3) is 0.700. The van der Waals surface area contributed by atoms with Crippen LogP contribution in [0.1, 0.15) is 51.2 Å². The van der Waals surface area contributed by atoms with E-state index in [4.69, 9.17) is 5.73 Å². The van der Waals surface area contributed by atoms with Crippen LogP contribution in [0.3, 0.4) is 0 Å². The predicted molar refractivity (Wildman–Crippen MR) is 54.6 cm³/mol. The molecule has 3 nitrogen and oxygen atoms in total. The normalized spacial score (nSPS) is 11.6. The highest BCUT2D eigenvalue weighted by molar-refractivity contribution is 5.08. The van der Waals surface area contributed by atoms with Crippen molar-refractivity contribution in [2.75, 3.05) is 0 Å². The SMILES string of the molecule is CC(C)c1nc(CN)cn1C(C)C. The van der Waals surface area contributed by atoms with E-state index in [0.29, 0.717) is 18.5 Å². The first-order chi connectivity index (χ1) is 6.06. The standard InChI is InChI=1S/C10H19N3/c1-7(2)10-12-9(5-11)6-13(10)8(3)4/h6-8H,5,11H2,1-4H3. The summed E-state index contributed by atoms with van der Waals surface area (Å²) in [5.74, 6) is 1.60. The number of hydrogen-bond acceptors (Lipinski definition) is 2. The third-order valence-electron chi connectivity index (χ3n) is 2.09. The Morgan fingerprint density at radius 3 is 2.31 bits per heavy atom. The Labute approximate surface area is 80.0 Å². The summed E-state index contributed by atoms with van der Waals surface area (Å²) in [5, 5.41) is 0. The first kappa shape index (κ1) is 10.3. The van der Waals surface area contributed by atoms with Gasteiger partial charge in [-0.3, -0.25) is 0 Å². The summed E-state index contributed by atoms with van der Waals surface area (Å²) in [5.41, 5.74) is 6.54. The molecule has 0 aliphatic carbocycles. The van der Waals surface area contributed by atoms with Crippen LogP contribution in [-0.2, 0) is 6.54 Å². The van der Waals surface area contributed by atoms with Gasteiger partial charge in [-0.1, -0.05) is 13.8 Å². The van der Waals surface area contributed by atoms with E-state index < -0.39 is 0 Å². The molecule has 0 atom stereocenters. The summed E-state index contributed by atoms with van der Waals surface area (Å²) in [6.07, 6.45) is 2.06. The fourth-order valence-electron chi connectivity index (χ4n) is 1.40. The number of nitrogens with zero attached hydrogens (tertiary/aromatic N) is 2. The predicted octanol–water partition coefficient (Wildman–Crippen LogP) is 2.05. The van der Waals surface area contributed by atoms with Crippen LogP contribution in [-0.4, -0.2) is 9.55 Å². The Morgan fingerprint density at radius 2 is 2.00 bits per heavy atom. The first-order valence-corrected chi connectivity index (χ1v) is 4.84. The zero-order valence-corrected chi connectivity index (χ0v) is 8.91.